The fourth-order valence-electron chi connectivity index (χ4n) is 1.30. The van der Waals surface area contributed by atoms with Gasteiger partial charge in [-0.15, -0.1) is 11.6 Å². The van der Waals surface area contributed by atoms with Crippen LogP contribution in [0.1, 0.15) is 11.3 Å². The molecule has 0 bridgehead atoms. The first-order valence-electron chi connectivity index (χ1n) is 4.75. The molecule has 2 aromatic heterocycles. The Morgan fingerprint density at radius 2 is 2.29 bits per heavy atom. The van der Waals surface area contributed by atoms with Crippen molar-refractivity contribution in [3.8, 4) is 11.8 Å². The number of halogens is 1. The lowest BCUT2D eigenvalue weighted by atomic mass is 10.3. The molecule has 0 aliphatic rings. The summed E-state index contributed by atoms with van der Waals surface area (Å²) in [6.07, 6.45) is 4.52. The van der Waals surface area contributed by atoms with E-state index >= 15 is 0 Å². The van der Waals surface area contributed by atoms with Gasteiger partial charge in [0.2, 0.25) is 5.43 Å². The number of aromatic nitrogens is 3. The molecule has 0 unspecified atom stereocenters. The van der Waals surface area contributed by atoms with Gasteiger partial charge in [0.1, 0.15) is 11.8 Å². The van der Waals surface area contributed by atoms with Crippen LogP contribution in [0.2, 0.25) is 0 Å². The highest BCUT2D eigenvalue weighted by molar-refractivity contribution is 6.16. The van der Waals surface area contributed by atoms with Gasteiger partial charge < -0.3 is 0 Å². The zero-order chi connectivity index (χ0) is 12.3. The molecule has 5 nitrogen and oxygen atoms in total. The minimum Gasteiger partial charge on any atom is -0.288 e. The molecule has 84 valence electrons. The first-order valence-corrected chi connectivity index (χ1v) is 5.28. The predicted molar refractivity (Wildman–Crippen MR) is 61.9 cm³/mol. The lowest BCUT2D eigenvalue weighted by molar-refractivity contribution is 0.800. The summed E-state index contributed by atoms with van der Waals surface area (Å²) in [5.74, 6) is 0.0467. The van der Waals surface area contributed by atoms with Gasteiger partial charge in [-0.1, -0.05) is 0 Å². The van der Waals surface area contributed by atoms with Crippen LogP contribution in [0.15, 0.2) is 35.5 Å². The van der Waals surface area contributed by atoms with Crippen molar-refractivity contribution in [1.82, 2.24) is 14.8 Å². The van der Waals surface area contributed by atoms with E-state index in [0.29, 0.717) is 11.3 Å². The van der Waals surface area contributed by atoms with Crippen LogP contribution in [0.5, 0.6) is 0 Å². The Morgan fingerprint density at radius 1 is 1.47 bits per heavy atom. The number of pyridine rings is 1. The zero-order valence-electron chi connectivity index (χ0n) is 8.67. The quantitative estimate of drug-likeness (QED) is 0.748. The van der Waals surface area contributed by atoms with Gasteiger partial charge in [-0.05, 0) is 6.07 Å². The Hall–Kier alpha value is -2.19. The van der Waals surface area contributed by atoms with Crippen LogP contribution < -0.4 is 5.43 Å². The van der Waals surface area contributed by atoms with Crippen molar-refractivity contribution < 1.29 is 0 Å². The van der Waals surface area contributed by atoms with Crippen LogP contribution in [0, 0.1) is 11.3 Å². The summed E-state index contributed by atoms with van der Waals surface area (Å²) in [5.41, 5.74) is 1.09. The number of nitrogens with zero attached hydrogens (tertiary/aromatic N) is 4. The molecular weight excluding hydrogens is 240 g/mol. The van der Waals surface area contributed by atoms with E-state index in [1.165, 1.54) is 23.1 Å². The van der Waals surface area contributed by atoms with Gasteiger partial charge in [0.25, 0.3) is 0 Å². The summed E-state index contributed by atoms with van der Waals surface area (Å²) in [5, 5.41) is 12.8. The van der Waals surface area contributed by atoms with E-state index in [9.17, 15) is 4.79 Å². The highest BCUT2D eigenvalue weighted by Crippen LogP contribution is 2.06. The van der Waals surface area contributed by atoms with Crippen molar-refractivity contribution in [3.05, 3.63) is 52.2 Å². The van der Waals surface area contributed by atoms with Crippen LogP contribution in [-0.4, -0.2) is 14.8 Å². The third kappa shape index (κ3) is 2.32. The molecule has 0 saturated carbocycles. The summed E-state index contributed by atoms with van der Waals surface area (Å²) in [6, 6.07) is 4.99. The van der Waals surface area contributed by atoms with E-state index in [2.05, 4.69) is 10.1 Å². The molecule has 2 rings (SSSR count). The molecule has 0 saturated heterocycles. The molecule has 0 radical (unpaired) electrons. The fourth-order valence-corrected chi connectivity index (χ4v) is 1.48. The molecule has 0 fully saturated rings. The van der Waals surface area contributed by atoms with E-state index < -0.39 is 0 Å². The van der Waals surface area contributed by atoms with Crippen LogP contribution >= 0.6 is 11.6 Å². The molecule has 0 aliphatic heterocycles. The van der Waals surface area contributed by atoms with E-state index in [0.717, 1.165) is 0 Å². The van der Waals surface area contributed by atoms with Crippen LogP contribution in [0.25, 0.3) is 5.69 Å². The highest BCUT2D eigenvalue weighted by Gasteiger charge is 2.03. The van der Waals surface area contributed by atoms with Gasteiger partial charge in [-0.25, -0.2) is 4.68 Å². The molecule has 0 N–H and O–H groups in total. The molecule has 0 spiro atoms. The minimum atomic E-state index is -0.208. The van der Waals surface area contributed by atoms with Gasteiger partial charge in [0.15, 0.2) is 0 Å². The predicted octanol–water partition coefficient (Wildman–Crippen LogP) is 1.24. The molecule has 6 heteroatoms. The molecule has 17 heavy (non-hydrogen) atoms. The molecule has 0 amide bonds. The molecule has 2 heterocycles. The number of hydrogen-bond acceptors (Lipinski definition) is 4. The maximum absolute atomic E-state index is 11.3. The number of hydrogen-bond donors (Lipinski definition) is 0. The van der Waals surface area contributed by atoms with Crippen LogP contribution in [0.4, 0.5) is 0 Å². The van der Waals surface area contributed by atoms with E-state index in [1.54, 1.807) is 12.3 Å². The standard InChI is InChI=1S/C11H7ClN4O/c12-4-10-11(17)1-2-16(15-10)9-3-8(5-13)6-14-7-9/h1-3,6-7H,4H2. The first-order chi connectivity index (χ1) is 8.24. The smallest absolute Gasteiger partial charge is 0.204 e. The molecular formula is C11H7ClN4O. The summed E-state index contributed by atoms with van der Waals surface area (Å²) >= 11 is 5.61. The average molecular weight is 247 g/mol. The van der Waals surface area contributed by atoms with Crippen molar-refractivity contribution in [2.24, 2.45) is 0 Å². The van der Waals surface area contributed by atoms with Crippen molar-refractivity contribution in [2.75, 3.05) is 0 Å². The second kappa shape index (κ2) is 4.76. The van der Waals surface area contributed by atoms with Crippen molar-refractivity contribution in [2.45, 2.75) is 5.88 Å². The molecule has 2 aromatic rings. The topological polar surface area (TPSA) is 71.6 Å². The monoisotopic (exact) mass is 246 g/mol. The Bertz CT molecular complexity index is 644. The number of nitriles is 1. The summed E-state index contributed by atoms with van der Waals surface area (Å²) in [6.45, 7) is 0. The Kier molecular flexibility index (Phi) is 3.17. The van der Waals surface area contributed by atoms with Crippen LogP contribution in [-0.2, 0) is 5.88 Å². The van der Waals surface area contributed by atoms with E-state index in [-0.39, 0.29) is 17.0 Å². The second-order valence-corrected chi connectivity index (χ2v) is 3.52. The Labute approximate surface area is 102 Å². The maximum atomic E-state index is 11.3. The SMILES string of the molecule is N#Cc1cncc(-n2ccc(=O)c(CCl)n2)c1. The first kappa shape index (κ1) is 11.3. The average Bonchev–Trinajstić information content (AvgIpc) is 2.39. The Balaban J connectivity index is 2.53. The highest BCUT2D eigenvalue weighted by atomic mass is 35.5. The van der Waals surface area contributed by atoms with Gasteiger partial charge in [0.05, 0.1) is 23.3 Å². The summed E-state index contributed by atoms with van der Waals surface area (Å²) in [4.78, 5) is 15.2. The third-order valence-electron chi connectivity index (χ3n) is 2.12. The lowest BCUT2D eigenvalue weighted by Gasteiger charge is -2.05. The number of rotatable bonds is 2. The lowest BCUT2D eigenvalue weighted by Crippen LogP contribution is -2.14. The van der Waals surface area contributed by atoms with Crippen molar-refractivity contribution >= 4 is 11.6 Å². The largest absolute Gasteiger partial charge is 0.288 e. The zero-order valence-corrected chi connectivity index (χ0v) is 9.42. The Morgan fingerprint density at radius 3 is 3.00 bits per heavy atom. The van der Waals surface area contributed by atoms with Crippen molar-refractivity contribution in [3.63, 3.8) is 0 Å². The summed E-state index contributed by atoms with van der Waals surface area (Å²) in [7, 11) is 0. The van der Waals surface area contributed by atoms with E-state index in [4.69, 9.17) is 16.9 Å². The van der Waals surface area contributed by atoms with Gasteiger partial charge in [0, 0.05) is 18.5 Å². The third-order valence-corrected chi connectivity index (χ3v) is 2.38. The van der Waals surface area contributed by atoms with Gasteiger partial charge in [-0.3, -0.25) is 9.78 Å². The molecule has 0 aliphatic carbocycles. The summed E-state index contributed by atoms with van der Waals surface area (Å²) < 4.78 is 1.47. The minimum absolute atomic E-state index is 0.0467. The second-order valence-electron chi connectivity index (χ2n) is 3.25. The van der Waals surface area contributed by atoms with Gasteiger partial charge >= 0.3 is 0 Å². The maximum Gasteiger partial charge on any atom is 0.204 e. The fraction of sp³-hybridized carbons (Fsp3) is 0.0909. The van der Waals surface area contributed by atoms with Crippen molar-refractivity contribution in [1.29, 1.82) is 5.26 Å². The molecule has 0 aromatic carbocycles. The normalized spacial score (nSPS) is 9.88. The van der Waals surface area contributed by atoms with Gasteiger partial charge in [-0.2, -0.15) is 10.4 Å². The number of alkyl halides is 1. The van der Waals surface area contributed by atoms with Crippen LogP contribution in [0.3, 0.4) is 0 Å². The molecule has 0 atom stereocenters. The van der Waals surface area contributed by atoms with E-state index in [1.807, 2.05) is 6.07 Å².